The van der Waals surface area contributed by atoms with Gasteiger partial charge in [-0.15, -0.1) is 0 Å². The van der Waals surface area contributed by atoms with Gasteiger partial charge in [-0.3, -0.25) is 4.90 Å². The largest absolute Gasteiger partial charge is 0.384 e. The van der Waals surface area contributed by atoms with Gasteiger partial charge in [-0.2, -0.15) is 0 Å². The zero-order chi connectivity index (χ0) is 18.6. The molecule has 0 saturated carbocycles. The minimum atomic E-state index is 0.466. The molecule has 3 N–H and O–H groups in total. The summed E-state index contributed by atoms with van der Waals surface area (Å²) in [5.41, 5.74) is 9.05. The molecule has 6 heteroatoms. The highest BCUT2D eigenvalue weighted by molar-refractivity contribution is 5.87. The van der Waals surface area contributed by atoms with Gasteiger partial charge in [0, 0.05) is 19.6 Å². The Kier molecular flexibility index (Phi) is 5.16. The third kappa shape index (κ3) is 4.17. The van der Waals surface area contributed by atoms with E-state index in [0.717, 1.165) is 30.2 Å². The smallest absolute Gasteiger partial charge is 0.166 e. The number of hydrogen-bond donors (Lipinski definition) is 2. The molecule has 1 unspecified atom stereocenters. The zero-order valence-corrected chi connectivity index (χ0v) is 15.7. The van der Waals surface area contributed by atoms with Gasteiger partial charge in [-0.1, -0.05) is 31.2 Å². The average Bonchev–Trinajstić information content (AvgIpc) is 2.67. The Morgan fingerprint density at radius 2 is 2.00 bits per heavy atom. The number of aromatic nitrogens is 3. The lowest BCUT2D eigenvalue weighted by Crippen LogP contribution is -2.34. The molecule has 0 aliphatic carbocycles. The van der Waals surface area contributed by atoms with E-state index < -0.39 is 0 Å². The highest BCUT2D eigenvalue weighted by Gasteiger charge is 2.17. The summed E-state index contributed by atoms with van der Waals surface area (Å²) in [7, 11) is 0. The molecule has 2 aromatic heterocycles. The van der Waals surface area contributed by atoms with Crippen molar-refractivity contribution in [2.75, 3.05) is 24.1 Å². The van der Waals surface area contributed by atoms with Crippen molar-refractivity contribution in [2.24, 2.45) is 5.92 Å². The Bertz CT molecular complexity index is 925. The van der Waals surface area contributed by atoms with Crippen LogP contribution in [-0.4, -0.2) is 32.9 Å². The fourth-order valence-electron chi connectivity index (χ4n) is 3.83. The predicted octanol–water partition coefficient (Wildman–Crippen LogP) is 3.45. The summed E-state index contributed by atoms with van der Waals surface area (Å²) >= 11 is 0. The van der Waals surface area contributed by atoms with Crippen molar-refractivity contribution in [3.63, 3.8) is 0 Å². The number of hydrogen-bond acceptors (Lipinski definition) is 6. The first kappa shape index (κ1) is 17.7. The molecule has 0 amide bonds. The first-order valence-corrected chi connectivity index (χ1v) is 9.59. The zero-order valence-electron chi connectivity index (χ0n) is 15.7. The van der Waals surface area contributed by atoms with Gasteiger partial charge in [0.05, 0.1) is 5.39 Å². The molecule has 1 aliphatic rings. The Hall–Kier alpha value is -2.73. The van der Waals surface area contributed by atoms with Crippen LogP contribution in [0.15, 0.2) is 42.7 Å². The SMILES string of the molecule is CC1CCCN(Cc2ccccc2CNc2ncnc3nc(N)ccc23)C1. The number of nitrogens with two attached hydrogens (primary N) is 1. The first-order chi connectivity index (χ1) is 13.2. The summed E-state index contributed by atoms with van der Waals surface area (Å²) in [6.07, 6.45) is 4.17. The Balaban J connectivity index is 1.50. The summed E-state index contributed by atoms with van der Waals surface area (Å²) < 4.78 is 0. The number of nitrogen functional groups attached to an aromatic ring is 1. The minimum absolute atomic E-state index is 0.466. The monoisotopic (exact) mass is 362 g/mol. The number of pyridine rings is 1. The number of piperidine rings is 1. The summed E-state index contributed by atoms with van der Waals surface area (Å²) in [5, 5.41) is 4.34. The maximum atomic E-state index is 5.76. The number of benzene rings is 1. The second-order valence-electron chi connectivity index (χ2n) is 7.43. The van der Waals surface area contributed by atoms with Crippen molar-refractivity contribution in [1.82, 2.24) is 19.9 Å². The highest BCUT2D eigenvalue weighted by atomic mass is 15.1. The topological polar surface area (TPSA) is 80.0 Å². The van der Waals surface area contributed by atoms with Crippen LogP contribution >= 0.6 is 0 Å². The summed E-state index contributed by atoms with van der Waals surface area (Å²) in [4.78, 5) is 15.4. The quantitative estimate of drug-likeness (QED) is 0.724. The lowest BCUT2D eigenvalue weighted by molar-refractivity contribution is 0.176. The van der Waals surface area contributed by atoms with Gasteiger partial charge in [-0.05, 0) is 48.6 Å². The Morgan fingerprint density at radius 3 is 2.85 bits per heavy atom. The molecular formula is C21H26N6. The molecule has 1 fully saturated rings. The second-order valence-corrected chi connectivity index (χ2v) is 7.43. The predicted molar refractivity (Wildman–Crippen MR) is 109 cm³/mol. The molecule has 1 aliphatic heterocycles. The molecule has 1 aromatic carbocycles. The van der Waals surface area contributed by atoms with Gasteiger partial charge >= 0.3 is 0 Å². The number of anilines is 2. The molecule has 27 heavy (non-hydrogen) atoms. The van der Waals surface area contributed by atoms with Crippen LogP contribution in [0.5, 0.6) is 0 Å². The maximum absolute atomic E-state index is 5.76. The molecule has 6 nitrogen and oxygen atoms in total. The third-order valence-electron chi connectivity index (χ3n) is 5.22. The lowest BCUT2D eigenvalue weighted by Gasteiger charge is -2.31. The number of fused-ring (bicyclic) bond motifs is 1. The highest BCUT2D eigenvalue weighted by Crippen LogP contribution is 2.22. The van der Waals surface area contributed by atoms with Gasteiger partial charge in [0.15, 0.2) is 5.65 Å². The van der Waals surface area contributed by atoms with Gasteiger partial charge in [0.1, 0.15) is 18.0 Å². The number of nitrogens with zero attached hydrogens (tertiary/aromatic N) is 4. The van der Waals surface area contributed by atoms with Crippen molar-refractivity contribution in [3.8, 4) is 0 Å². The maximum Gasteiger partial charge on any atom is 0.166 e. The standard InChI is InChI=1S/C21H26N6/c1-15-5-4-10-27(12-15)13-17-7-3-2-6-16(17)11-23-20-18-8-9-19(22)26-21(18)25-14-24-20/h2-3,6-9,14-15H,4-5,10-13H2,1H3,(H3,22,23,24,25,26). The summed E-state index contributed by atoms with van der Waals surface area (Å²) in [6.45, 7) is 6.45. The molecule has 0 spiro atoms. The molecule has 0 radical (unpaired) electrons. The second kappa shape index (κ2) is 7.88. The van der Waals surface area contributed by atoms with Crippen LogP contribution in [-0.2, 0) is 13.1 Å². The van der Waals surface area contributed by atoms with Gasteiger partial charge < -0.3 is 11.1 Å². The van der Waals surface area contributed by atoms with Gasteiger partial charge in [0.25, 0.3) is 0 Å². The van der Waals surface area contributed by atoms with E-state index in [4.69, 9.17) is 5.73 Å². The molecule has 3 heterocycles. The molecule has 3 aromatic rings. The Morgan fingerprint density at radius 1 is 1.15 bits per heavy atom. The van der Waals surface area contributed by atoms with E-state index in [1.54, 1.807) is 6.07 Å². The van der Waals surface area contributed by atoms with Gasteiger partial charge in [-0.25, -0.2) is 15.0 Å². The molecule has 140 valence electrons. The number of likely N-dealkylation sites (tertiary alicyclic amines) is 1. The average molecular weight is 362 g/mol. The van der Waals surface area contributed by atoms with Crippen LogP contribution in [0.25, 0.3) is 11.0 Å². The van der Waals surface area contributed by atoms with E-state index in [1.165, 1.54) is 43.4 Å². The van der Waals surface area contributed by atoms with Crippen LogP contribution in [0.4, 0.5) is 11.6 Å². The van der Waals surface area contributed by atoms with E-state index in [0.29, 0.717) is 11.5 Å². The molecule has 1 saturated heterocycles. The minimum Gasteiger partial charge on any atom is -0.384 e. The fraction of sp³-hybridized carbons (Fsp3) is 0.381. The van der Waals surface area contributed by atoms with E-state index in [9.17, 15) is 0 Å². The van der Waals surface area contributed by atoms with Crippen molar-refractivity contribution < 1.29 is 0 Å². The van der Waals surface area contributed by atoms with E-state index >= 15 is 0 Å². The molecule has 1 atom stereocenters. The first-order valence-electron chi connectivity index (χ1n) is 9.59. The normalized spacial score (nSPS) is 17.9. The molecule has 0 bridgehead atoms. The third-order valence-corrected chi connectivity index (χ3v) is 5.22. The fourth-order valence-corrected chi connectivity index (χ4v) is 3.83. The van der Waals surface area contributed by atoms with Crippen LogP contribution < -0.4 is 11.1 Å². The summed E-state index contributed by atoms with van der Waals surface area (Å²) in [5.74, 6) is 2.04. The van der Waals surface area contributed by atoms with Crippen molar-refractivity contribution >= 4 is 22.7 Å². The van der Waals surface area contributed by atoms with Crippen molar-refractivity contribution in [3.05, 3.63) is 53.9 Å². The number of rotatable bonds is 5. The number of nitrogens with one attached hydrogen (secondary N) is 1. The lowest BCUT2D eigenvalue weighted by atomic mass is 9.99. The molecular weight excluding hydrogens is 336 g/mol. The van der Waals surface area contributed by atoms with Crippen molar-refractivity contribution in [1.29, 1.82) is 0 Å². The summed E-state index contributed by atoms with van der Waals surface area (Å²) in [6, 6.07) is 12.3. The van der Waals surface area contributed by atoms with Gasteiger partial charge in [0.2, 0.25) is 0 Å². The van der Waals surface area contributed by atoms with E-state index in [1.807, 2.05) is 6.07 Å². The van der Waals surface area contributed by atoms with Crippen LogP contribution in [0, 0.1) is 5.92 Å². The van der Waals surface area contributed by atoms with Crippen LogP contribution in [0.3, 0.4) is 0 Å². The Labute approximate surface area is 159 Å². The van der Waals surface area contributed by atoms with E-state index in [-0.39, 0.29) is 0 Å². The van der Waals surface area contributed by atoms with E-state index in [2.05, 4.69) is 56.4 Å². The van der Waals surface area contributed by atoms with Crippen LogP contribution in [0.2, 0.25) is 0 Å². The molecule has 4 rings (SSSR count). The van der Waals surface area contributed by atoms with Crippen molar-refractivity contribution in [2.45, 2.75) is 32.9 Å². The van der Waals surface area contributed by atoms with Crippen LogP contribution in [0.1, 0.15) is 30.9 Å².